The lowest BCUT2D eigenvalue weighted by Crippen LogP contribution is -2.46. The summed E-state index contributed by atoms with van der Waals surface area (Å²) >= 11 is 6.73. The molecule has 3 aliphatic rings. The van der Waals surface area contributed by atoms with Crippen molar-refractivity contribution in [1.82, 2.24) is 14.3 Å². The van der Waals surface area contributed by atoms with Crippen molar-refractivity contribution in [3.05, 3.63) is 44.7 Å². The van der Waals surface area contributed by atoms with Gasteiger partial charge in [0.2, 0.25) is 0 Å². The monoisotopic (exact) mass is 500 g/mol. The third-order valence-electron chi connectivity index (χ3n) is 6.34. The summed E-state index contributed by atoms with van der Waals surface area (Å²) in [6.07, 6.45) is 5.29. The van der Waals surface area contributed by atoms with Crippen molar-refractivity contribution in [2.45, 2.75) is 51.9 Å². The van der Waals surface area contributed by atoms with Gasteiger partial charge in [0, 0.05) is 25.9 Å². The lowest BCUT2D eigenvalue weighted by atomic mass is 10.1. The molecule has 5 heterocycles. The number of rotatable bonds is 4. The first-order chi connectivity index (χ1) is 16.3. The Morgan fingerprint density at radius 1 is 1.26 bits per heavy atom. The molecule has 3 atom stereocenters. The zero-order valence-electron chi connectivity index (χ0n) is 19.5. The van der Waals surface area contributed by atoms with Crippen molar-refractivity contribution >= 4 is 51.7 Å². The molecular weight excluding hydrogens is 472 g/mol. The number of anilines is 1. The zero-order valence-corrected chi connectivity index (χ0v) is 21.2. The van der Waals surface area contributed by atoms with Crippen LogP contribution in [0, 0.1) is 6.92 Å². The van der Waals surface area contributed by atoms with Crippen molar-refractivity contribution in [1.29, 1.82) is 0 Å². The number of fused-ring (bicyclic) bond motifs is 1. The quantitative estimate of drug-likeness (QED) is 0.469. The highest BCUT2D eigenvalue weighted by molar-refractivity contribution is 8.26. The van der Waals surface area contributed by atoms with Crippen molar-refractivity contribution in [2.24, 2.45) is 0 Å². The van der Waals surface area contributed by atoms with Crippen LogP contribution in [0.15, 0.2) is 28.0 Å². The van der Waals surface area contributed by atoms with Crippen molar-refractivity contribution < 1.29 is 14.3 Å². The fourth-order valence-corrected chi connectivity index (χ4v) is 6.06. The fourth-order valence-electron chi connectivity index (χ4n) is 4.80. The van der Waals surface area contributed by atoms with Gasteiger partial charge < -0.3 is 14.4 Å². The average Bonchev–Trinajstić information content (AvgIpc) is 3.39. The van der Waals surface area contributed by atoms with Crippen LogP contribution in [0.5, 0.6) is 0 Å². The third kappa shape index (κ3) is 4.39. The zero-order chi connectivity index (χ0) is 24.0. The molecule has 3 saturated heterocycles. The molecule has 180 valence electrons. The predicted molar refractivity (Wildman–Crippen MR) is 137 cm³/mol. The molecule has 0 aliphatic carbocycles. The highest BCUT2D eigenvalue weighted by Crippen LogP contribution is 2.35. The first-order valence-electron chi connectivity index (χ1n) is 11.6. The second kappa shape index (κ2) is 9.41. The van der Waals surface area contributed by atoms with Crippen LogP contribution >= 0.6 is 24.0 Å². The van der Waals surface area contributed by atoms with Gasteiger partial charge >= 0.3 is 0 Å². The smallest absolute Gasteiger partial charge is 0.267 e. The van der Waals surface area contributed by atoms with Crippen molar-refractivity contribution in [3.8, 4) is 0 Å². The Balaban J connectivity index is 1.59. The molecule has 0 bridgehead atoms. The van der Waals surface area contributed by atoms with Gasteiger partial charge in [-0.3, -0.25) is 18.9 Å². The molecule has 0 N–H and O–H groups in total. The van der Waals surface area contributed by atoms with E-state index in [4.69, 9.17) is 26.7 Å². The average molecular weight is 501 g/mol. The molecule has 34 heavy (non-hydrogen) atoms. The molecule has 10 heteroatoms. The van der Waals surface area contributed by atoms with Crippen LogP contribution in [0.25, 0.3) is 11.7 Å². The molecule has 0 aromatic carbocycles. The lowest BCUT2D eigenvalue weighted by molar-refractivity contribution is -0.123. The number of aromatic nitrogens is 2. The Morgan fingerprint density at radius 3 is 2.74 bits per heavy atom. The van der Waals surface area contributed by atoms with Gasteiger partial charge in [0.15, 0.2) is 0 Å². The first-order valence-corrected chi connectivity index (χ1v) is 12.8. The van der Waals surface area contributed by atoms with E-state index in [9.17, 15) is 9.59 Å². The van der Waals surface area contributed by atoms with E-state index in [1.807, 2.05) is 32.9 Å². The predicted octanol–water partition coefficient (Wildman–Crippen LogP) is 3.00. The number of aryl methyl sites for hydroxylation is 1. The maximum Gasteiger partial charge on any atom is 0.267 e. The van der Waals surface area contributed by atoms with Crippen molar-refractivity contribution in [3.63, 3.8) is 0 Å². The maximum absolute atomic E-state index is 13.7. The van der Waals surface area contributed by atoms with E-state index in [0.717, 1.165) is 18.4 Å². The minimum atomic E-state index is -0.208. The van der Waals surface area contributed by atoms with E-state index < -0.39 is 0 Å². The number of carbonyl (C=O) groups is 1. The second-order valence-corrected chi connectivity index (χ2v) is 10.8. The second-order valence-electron chi connectivity index (χ2n) is 9.13. The van der Waals surface area contributed by atoms with Crippen LogP contribution in [-0.4, -0.2) is 69.1 Å². The standard InChI is InChI=1S/C24H28N4O4S2/c1-14-6-4-8-27-20(14)25-21(26-11-15(2)32-16(3)12-26)18(22(27)29)10-19-23(30)28(24(33)34-19)13-17-7-5-9-31-17/h4,6,8,10,15-17H,5,7,9,11-13H2,1-3H3/b19-10-/t15-,16-,17-/m1/s1. The SMILES string of the molecule is Cc1cccn2c(=O)c(/C=C3\SC(=S)N(C[C@H]4CCCO4)C3=O)c(N3C[C@@H](C)O[C@H](C)C3)nc12. The topological polar surface area (TPSA) is 76.4 Å². The number of thioether (sulfide) groups is 1. The van der Waals surface area contributed by atoms with Gasteiger partial charge in [-0.15, -0.1) is 0 Å². The van der Waals surface area contributed by atoms with Crippen LogP contribution < -0.4 is 10.5 Å². The number of nitrogens with zero attached hydrogens (tertiary/aromatic N) is 4. The Bertz CT molecular complexity index is 1230. The number of hydrogen-bond acceptors (Lipinski definition) is 8. The van der Waals surface area contributed by atoms with Crippen LogP contribution in [-0.2, 0) is 14.3 Å². The van der Waals surface area contributed by atoms with Gasteiger partial charge in [-0.05, 0) is 51.3 Å². The third-order valence-corrected chi connectivity index (χ3v) is 7.72. The molecular formula is C24H28N4O4S2. The molecule has 1 amide bonds. The van der Waals surface area contributed by atoms with E-state index in [0.29, 0.717) is 52.5 Å². The van der Waals surface area contributed by atoms with Gasteiger partial charge in [-0.1, -0.05) is 30.0 Å². The lowest BCUT2D eigenvalue weighted by Gasteiger charge is -2.36. The van der Waals surface area contributed by atoms with Gasteiger partial charge in [0.05, 0.1) is 35.3 Å². The summed E-state index contributed by atoms with van der Waals surface area (Å²) in [4.78, 5) is 36.0. The Hall–Kier alpha value is -2.27. The molecule has 3 fully saturated rings. The van der Waals surface area contributed by atoms with E-state index in [-0.39, 0.29) is 29.8 Å². The number of ether oxygens (including phenoxy) is 2. The molecule has 2 aromatic rings. The minimum absolute atomic E-state index is 0.00153. The highest BCUT2D eigenvalue weighted by Gasteiger charge is 2.35. The number of hydrogen-bond donors (Lipinski definition) is 0. The maximum atomic E-state index is 13.7. The van der Waals surface area contributed by atoms with E-state index >= 15 is 0 Å². The molecule has 0 unspecified atom stereocenters. The van der Waals surface area contributed by atoms with Gasteiger partial charge in [0.25, 0.3) is 11.5 Å². The van der Waals surface area contributed by atoms with Crippen LogP contribution in [0.4, 0.5) is 5.82 Å². The normalized spacial score (nSPS) is 26.9. The molecule has 0 spiro atoms. The van der Waals surface area contributed by atoms with Gasteiger partial charge in [-0.25, -0.2) is 4.98 Å². The van der Waals surface area contributed by atoms with Crippen LogP contribution in [0.3, 0.4) is 0 Å². The summed E-state index contributed by atoms with van der Waals surface area (Å²) in [7, 11) is 0. The fraction of sp³-hybridized carbons (Fsp3) is 0.500. The molecule has 3 aliphatic heterocycles. The highest BCUT2D eigenvalue weighted by atomic mass is 32.2. The molecule has 5 rings (SSSR count). The Labute approximate surface area is 207 Å². The Kier molecular flexibility index (Phi) is 6.49. The molecule has 2 aromatic heterocycles. The van der Waals surface area contributed by atoms with E-state index in [1.165, 1.54) is 11.8 Å². The summed E-state index contributed by atoms with van der Waals surface area (Å²) in [5, 5.41) is 0. The largest absolute Gasteiger partial charge is 0.376 e. The first kappa shape index (κ1) is 23.5. The number of morpholine rings is 1. The Morgan fingerprint density at radius 2 is 2.03 bits per heavy atom. The van der Waals surface area contributed by atoms with Crippen molar-refractivity contribution in [2.75, 3.05) is 31.1 Å². The van der Waals surface area contributed by atoms with E-state index in [2.05, 4.69) is 4.90 Å². The van der Waals surface area contributed by atoms with Gasteiger partial charge in [0.1, 0.15) is 15.8 Å². The van der Waals surface area contributed by atoms with Gasteiger partial charge in [-0.2, -0.15) is 0 Å². The summed E-state index contributed by atoms with van der Waals surface area (Å²) < 4.78 is 13.6. The van der Waals surface area contributed by atoms with Crippen LogP contribution in [0.2, 0.25) is 0 Å². The van der Waals surface area contributed by atoms with Crippen LogP contribution in [0.1, 0.15) is 37.8 Å². The summed E-state index contributed by atoms with van der Waals surface area (Å²) in [5.74, 6) is 0.389. The summed E-state index contributed by atoms with van der Waals surface area (Å²) in [6, 6.07) is 3.76. The number of pyridine rings is 1. The molecule has 0 saturated carbocycles. The number of carbonyl (C=O) groups excluding carboxylic acids is 1. The summed E-state index contributed by atoms with van der Waals surface area (Å²) in [5.41, 5.74) is 1.70. The summed E-state index contributed by atoms with van der Waals surface area (Å²) in [6.45, 7) is 8.34. The molecule has 0 radical (unpaired) electrons. The van der Waals surface area contributed by atoms with E-state index in [1.54, 1.807) is 21.6 Å². The number of amides is 1. The molecule has 8 nitrogen and oxygen atoms in total. The minimum Gasteiger partial charge on any atom is -0.376 e. The number of thiocarbonyl (C=S) groups is 1.